The van der Waals surface area contributed by atoms with E-state index in [9.17, 15) is 30.3 Å². The van der Waals surface area contributed by atoms with Gasteiger partial charge in [0.15, 0.2) is 0 Å². The number of nitrogens with zero attached hydrogens (tertiary/aromatic N) is 3. The summed E-state index contributed by atoms with van der Waals surface area (Å²) < 4.78 is 0. The van der Waals surface area contributed by atoms with E-state index >= 15 is 0 Å². The standard InChI is InChI=1S/C7H5ClN2O4.C7H7ClN2O2/c1-4-6(9(11)12)3-2-5(8)7(4)10(13)14;1-4-6(9)3-2-5(8)7(4)10(11)12/h2-3H,1H3;2-3H,9H2,1H3. The second-order valence-corrected chi connectivity index (χ2v) is 5.74. The Hall–Kier alpha value is -2.98. The number of nitro groups is 3. The van der Waals surface area contributed by atoms with Crippen LogP contribution in [0.5, 0.6) is 0 Å². The van der Waals surface area contributed by atoms with Crippen LogP contribution in [0.3, 0.4) is 0 Å². The summed E-state index contributed by atoms with van der Waals surface area (Å²) in [6.07, 6.45) is 0. The zero-order valence-corrected chi connectivity index (χ0v) is 14.9. The fraction of sp³-hybridized carbons (Fsp3) is 0.143. The molecular formula is C14H12Cl2N4O6. The number of nitrogens with two attached hydrogens (primary N) is 1. The van der Waals surface area contributed by atoms with Gasteiger partial charge in [0.25, 0.3) is 17.1 Å². The molecule has 2 N–H and O–H groups in total. The minimum atomic E-state index is -0.731. The van der Waals surface area contributed by atoms with Gasteiger partial charge in [0.05, 0.1) is 20.3 Å². The Morgan fingerprint density at radius 2 is 1.19 bits per heavy atom. The molecule has 0 saturated carbocycles. The summed E-state index contributed by atoms with van der Waals surface area (Å²) in [7, 11) is 0. The average molecular weight is 403 g/mol. The Balaban J connectivity index is 0.000000263. The molecule has 0 aliphatic carbocycles. The molecule has 0 aliphatic heterocycles. The summed E-state index contributed by atoms with van der Waals surface area (Å²) in [6, 6.07) is 5.25. The number of hydrogen-bond donors (Lipinski definition) is 1. The topological polar surface area (TPSA) is 155 Å². The third-order valence-electron chi connectivity index (χ3n) is 3.34. The molecule has 0 aliphatic rings. The van der Waals surface area contributed by atoms with Gasteiger partial charge in [-0.25, -0.2) is 0 Å². The summed E-state index contributed by atoms with van der Waals surface area (Å²) in [5.41, 5.74) is 5.39. The smallest absolute Gasteiger partial charge is 0.297 e. The molecule has 26 heavy (non-hydrogen) atoms. The van der Waals surface area contributed by atoms with Crippen molar-refractivity contribution in [3.05, 3.63) is 75.8 Å². The molecule has 0 radical (unpaired) electrons. The van der Waals surface area contributed by atoms with Crippen LogP contribution in [0.2, 0.25) is 10.0 Å². The van der Waals surface area contributed by atoms with Gasteiger partial charge in [-0.05, 0) is 32.0 Å². The molecule has 0 amide bonds. The Kier molecular flexibility index (Phi) is 6.81. The first-order chi connectivity index (χ1) is 12.0. The quantitative estimate of drug-likeness (QED) is 0.446. The van der Waals surface area contributed by atoms with Gasteiger partial charge in [0, 0.05) is 11.8 Å². The average Bonchev–Trinajstić information content (AvgIpc) is 2.51. The summed E-state index contributed by atoms with van der Waals surface area (Å²) in [4.78, 5) is 29.5. The van der Waals surface area contributed by atoms with E-state index in [-0.39, 0.29) is 27.0 Å². The van der Waals surface area contributed by atoms with E-state index in [4.69, 9.17) is 28.9 Å². The highest BCUT2D eigenvalue weighted by atomic mass is 35.5. The Labute approximate surface area is 156 Å². The molecule has 0 aromatic heterocycles. The zero-order chi connectivity index (χ0) is 20.2. The van der Waals surface area contributed by atoms with Crippen molar-refractivity contribution in [3.8, 4) is 0 Å². The van der Waals surface area contributed by atoms with Gasteiger partial charge < -0.3 is 5.73 Å². The Morgan fingerprint density at radius 3 is 1.58 bits per heavy atom. The number of hydrogen-bond acceptors (Lipinski definition) is 7. The first-order valence-corrected chi connectivity index (χ1v) is 7.51. The van der Waals surface area contributed by atoms with Crippen molar-refractivity contribution in [2.24, 2.45) is 0 Å². The van der Waals surface area contributed by atoms with E-state index < -0.39 is 20.5 Å². The number of nitro benzene ring substituents is 3. The van der Waals surface area contributed by atoms with Gasteiger partial charge in [-0.2, -0.15) is 0 Å². The molecule has 2 aromatic rings. The van der Waals surface area contributed by atoms with Crippen LogP contribution < -0.4 is 5.73 Å². The van der Waals surface area contributed by atoms with Gasteiger partial charge in [-0.1, -0.05) is 23.2 Å². The summed E-state index contributed by atoms with van der Waals surface area (Å²) in [5, 5.41) is 31.4. The van der Waals surface area contributed by atoms with Gasteiger partial charge in [-0.15, -0.1) is 0 Å². The fourth-order valence-electron chi connectivity index (χ4n) is 1.99. The first-order valence-electron chi connectivity index (χ1n) is 6.75. The molecule has 0 spiro atoms. The number of rotatable bonds is 3. The zero-order valence-electron chi connectivity index (χ0n) is 13.4. The SMILES string of the molecule is Cc1c(N)ccc(Cl)c1[N+](=O)[O-].Cc1c([N+](=O)[O-])ccc(Cl)c1[N+](=O)[O-]. The van der Waals surface area contributed by atoms with Crippen molar-refractivity contribution in [2.75, 3.05) is 5.73 Å². The van der Waals surface area contributed by atoms with E-state index in [1.165, 1.54) is 13.0 Å². The lowest BCUT2D eigenvalue weighted by molar-refractivity contribution is -0.395. The van der Waals surface area contributed by atoms with Crippen molar-refractivity contribution < 1.29 is 14.8 Å². The van der Waals surface area contributed by atoms with Gasteiger partial charge >= 0.3 is 0 Å². The van der Waals surface area contributed by atoms with Gasteiger partial charge in [-0.3, -0.25) is 30.3 Å². The predicted molar refractivity (Wildman–Crippen MR) is 96.8 cm³/mol. The van der Waals surface area contributed by atoms with Gasteiger partial charge in [0.1, 0.15) is 15.6 Å². The molecule has 0 atom stereocenters. The van der Waals surface area contributed by atoms with E-state index in [0.717, 1.165) is 12.1 Å². The maximum Gasteiger partial charge on any atom is 0.297 e. The highest BCUT2D eigenvalue weighted by molar-refractivity contribution is 6.33. The second kappa shape index (κ2) is 8.41. The highest BCUT2D eigenvalue weighted by Crippen LogP contribution is 2.34. The largest absolute Gasteiger partial charge is 0.398 e. The van der Waals surface area contributed by atoms with Crippen LogP contribution in [-0.2, 0) is 0 Å². The number of benzene rings is 2. The van der Waals surface area contributed by atoms with E-state index in [1.807, 2.05) is 0 Å². The van der Waals surface area contributed by atoms with Crippen molar-refractivity contribution in [1.82, 2.24) is 0 Å². The molecular weight excluding hydrogens is 391 g/mol. The van der Waals surface area contributed by atoms with Gasteiger partial charge in [0.2, 0.25) is 0 Å². The van der Waals surface area contributed by atoms with Crippen LogP contribution in [0.25, 0.3) is 0 Å². The lowest BCUT2D eigenvalue weighted by Gasteiger charge is -2.01. The molecule has 0 heterocycles. The monoisotopic (exact) mass is 402 g/mol. The summed E-state index contributed by atoms with van der Waals surface area (Å²) in [6.45, 7) is 2.86. The maximum atomic E-state index is 10.5. The van der Waals surface area contributed by atoms with E-state index in [1.54, 1.807) is 13.0 Å². The van der Waals surface area contributed by atoms with Crippen molar-refractivity contribution in [2.45, 2.75) is 13.8 Å². The van der Waals surface area contributed by atoms with Crippen LogP contribution in [0, 0.1) is 44.2 Å². The summed E-state index contributed by atoms with van der Waals surface area (Å²) in [5.74, 6) is 0. The molecule has 0 bridgehead atoms. The molecule has 0 fully saturated rings. The van der Waals surface area contributed by atoms with Crippen molar-refractivity contribution in [1.29, 1.82) is 0 Å². The van der Waals surface area contributed by atoms with Crippen LogP contribution in [-0.4, -0.2) is 14.8 Å². The fourth-order valence-corrected chi connectivity index (χ4v) is 2.53. The molecule has 12 heteroatoms. The lowest BCUT2D eigenvalue weighted by atomic mass is 10.1. The van der Waals surface area contributed by atoms with Crippen LogP contribution in [0.4, 0.5) is 22.7 Å². The maximum absolute atomic E-state index is 10.5. The Bertz CT molecular complexity index is 903. The van der Waals surface area contributed by atoms with Crippen molar-refractivity contribution in [3.63, 3.8) is 0 Å². The predicted octanol–water partition coefficient (Wildman–Crippen LogP) is 4.60. The second-order valence-electron chi connectivity index (χ2n) is 4.92. The third kappa shape index (κ3) is 4.55. The molecule has 2 aromatic carbocycles. The normalized spacial score (nSPS) is 9.85. The third-order valence-corrected chi connectivity index (χ3v) is 3.95. The molecule has 2 rings (SSSR count). The molecule has 138 valence electrons. The van der Waals surface area contributed by atoms with Crippen LogP contribution >= 0.6 is 23.2 Å². The lowest BCUT2D eigenvalue weighted by Crippen LogP contribution is -1.97. The molecule has 10 nitrogen and oxygen atoms in total. The minimum absolute atomic E-state index is 0.0347. The molecule has 0 unspecified atom stereocenters. The summed E-state index contributed by atoms with van der Waals surface area (Å²) >= 11 is 11.1. The number of anilines is 1. The van der Waals surface area contributed by atoms with Crippen molar-refractivity contribution >= 4 is 46.0 Å². The van der Waals surface area contributed by atoms with Crippen LogP contribution in [0.15, 0.2) is 24.3 Å². The van der Waals surface area contributed by atoms with Crippen LogP contribution in [0.1, 0.15) is 11.1 Å². The van der Waals surface area contributed by atoms with E-state index in [2.05, 4.69) is 0 Å². The first kappa shape index (κ1) is 21.1. The number of nitrogen functional groups attached to an aromatic ring is 1. The van der Waals surface area contributed by atoms with E-state index in [0.29, 0.717) is 11.3 Å². The highest BCUT2D eigenvalue weighted by Gasteiger charge is 2.24. The Morgan fingerprint density at radius 1 is 0.769 bits per heavy atom. The molecule has 0 saturated heterocycles. The number of halogens is 2. The minimum Gasteiger partial charge on any atom is -0.398 e.